The lowest BCUT2D eigenvalue weighted by molar-refractivity contribution is -0.122. The first-order valence-electron chi connectivity index (χ1n) is 11.1. The summed E-state index contributed by atoms with van der Waals surface area (Å²) in [6.07, 6.45) is 1.63. The molecule has 8 heteroatoms. The highest BCUT2D eigenvalue weighted by atomic mass is 32.1. The highest BCUT2D eigenvalue weighted by molar-refractivity contribution is 7.17. The first-order valence-corrected chi connectivity index (χ1v) is 12.0. The zero-order valence-electron chi connectivity index (χ0n) is 19.2. The molecule has 0 radical (unpaired) electrons. The van der Waals surface area contributed by atoms with Crippen LogP contribution in [0.25, 0.3) is 10.2 Å². The third kappa shape index (κ3) is 5.12. The predicted molar refractivity (Wildman–Crippen MR) is 135 cm³/mol. The molecule has 1 atom stereocenters. The monoisotopic (exact) mass is 477 g/mol. The maximum atomic E-state index is 13.3. The summed E-state index contributed by atoms with van der Waals surface area (Å²) in [5, 5.41) is 4.74. The van der Waals surface area contributed by atoms with Crippen LogP contribution in [-0.4, -0.2) is 28.2 Å². The van der Waals surface area contributed by atoms with Gasteiger partial charge in [-0.25, -0.2) is 4.79 Å². The largest absolute Gasteiger partial charge is 0.496 e. The Bertz CT molecular complexity index is 1410. The van der Waals surface area contributed by atoms with Crippen LogP contribution in [0.15, 0.2) is 75.6 Å². The molecule has 0 bridgehead atoms. The zero-order valence-corrected chi connectivity index (χ0v) is 20.0. The summed E-state index contributed by atoms with van der Waals surface area (Å²) in [5.74, 6) is 0.328. The maximum Gasteiger partial charge on any atom is 0.332 e. The molecule has 0 aliphatic rings. The summed E-state index contributed by atoms with van der Waals surface area (Å²) < 4.78 is 8.37. The van der Waals surface area contributed by atoms with Crippen LogP contribution in [0, 0.1) is 0 Å². The molecule has 0 aliphatic carbocycles. The number of rotatable bonds is 9. The smallest absolute Gasteiger partial charge is 0.332 e. The van der Waals surface area contributed by atoms with Gasteiger partial charge < -0.3 is 10.1 Å². The van der Waals surface area contributed by atoms with Crippen molar-refractivity contribution in [1.29, 1.82) is 0 Å². The molecule has 0 spiro atoms. The van der Waals surface area contributed by atoms with E-state index in [-0.39, 0.29) is 30.6 Å². The molecule has 1 N–H and O–H groups in total. The van der Waals surface area contributed by atoms with Crippen molar-refractivity contribution in [2.24, 2.45) is 0 Å². The number of para-hydroxylation sites is 1. The molecule has 2 aromatic heterocycles. The number of nitrogens with zero attached hydrogens (tertiary/aromatic N) is 2. The van der Waals surface area contributed by atoms with E-state index in [9.17, 15) is 14.4 Å². The average molecular weight is 478 g/mol. The lowest BCUT2D eigenvalue weighted by Crippen LogP contribution is -2.43. The van der Waals surface area contributed by atoms with Gasteiger partial charge in [-0.2, -0.15) is 0 Å². The number of ether oxygens (including phenoxy) is 1. The van der Waals surface area contributed by atoms with Crippen LogP contribution in [0.1, 0.15) is 24.5 Å². The first kappa shape index (κ1) is 23.5. The van der Waals surface area contributed by atoms with E-state index in [0.29, 0.717) is 21.5 Å². The van der Waals surface area contributed by atoms with Gasteiger partial charge in [0.1, 0.15) is 17.0 Å². The lowest BCUT2D eigenvalue weighted by atomic mass is 10.1. The van der Waals surface area contributed by atoms with Gasteiger partial charge in [0.2, 0.25) is 5.91 Å². The fourth-order valence-corrected chi connectivity index (χ4v) is 4.84. The van der Waals surface area contributed by atoms with Gasteiger partial charge in [-0.15, -0.1) is 11.3 Å². The van der Waals surface area contributed by atoms with Gasteiger partial charge >= 0.3 is 5.69 Å². The summed E-state index contributed by atoms with van der Waals surface area (Å²) in [6, 6.07) is 19.0. The number of aromatic nitrogens is 2. The van der Waals surface area contributed by atoms with Crippen molar-refractivity contribution in [3.63, 3.8) is 0 Å². The Morgan fingerprint density at radius 1 is 1.03 bits per heavy atom. The van der Waals surface area contributed by atoms with Crippen LogP contribution >= 0.6 is 11.3 Å². The van der Waals surface area contributed by atoms with E-state index >= 15 is 0 Å². The molecule has 0 saturated heterocycles. The van der Waals surface area contributed by atoms with Crippen molar-refractivity contribution >= 4 is 27.5 Å². The minimum atomic E-state index is -0.520. The van der Waals surface area contributed by atoms with E-state index in [1.165, 1.54) is 26.0 Å². The maximum absolute atomic E-state index is 13.3. The van der Waals surface area contributed by atoms with Crippen molar-refractivity contribution in [3.05, 3.63) is 98.0 Å². The predicted octanol–water partition coefficient (Wildman–Crippen LogP) is 3.42. The number of carbonyl (C=O) groups is 1. The Balaban J connectivity index is 1.56. The Labute approximate surface area is 201 Å². The van der Waals surface area contributed by atoms with Gasteiger partial charge in [-0.3, -0.25) is 18.7 Å². The SMILES string of the molecule is COc1ccccc1Cn1c(=O)c2sccc2n(CC(=O)NC(C)CCc2ccccc2)c1=O. The third-order valence-electron chi connectivity index (χ3n) is 5.78. The van der Waals surface area contributed by atoms with Gasteiger partial charge in [0.25, 0.3) is 5.56 Å². The highest BCUT2D eigenvalue weighted by Gasteiger charge is 2.18. The molecule has 4 aromatic rings. The quantitative estimate of drug-likeness (QED) is 0.401. The zero-order chi connectivity index (χ0) is 24.1. The standard InChI is InChI=1S/C26H27N3O4S/c1-18(12-13-19-8-4-3-5-9-19)27-23(30)17-28-21-14-15-34-24(21)25(31)29(26(28)32)16-20-10-6-7-11-22(20)33-2/h3-11,14-15,18H,12-13,16-17H2,1-2H3,(H,27,30). The van der Waals surface area contributed by atoms with Crippen molar-refractivity contribution in [2.75, 3.05) is 7.11 Å². The van der Waals surface area contributed by atoms with E-state index in [4.69, 9.17) is 4.74 Å². The van der Waals surface area contributed by atoms with Crippen LogP contribution in [0.2, 0.25) is 0 Å². The lowest BCUT2D eigenvalue weighted by Gasteiger charge is -2.16. The van der Waals surface area contributed by atoms with Crippen molar-refractivity contribution < 1.29 is 9.53 Å². The van der Waals surface area contributed by atoms with E-state index in [1.54, 1.807) is 24.6 Å². The van der Waals surface area contributed by atoms with E-state index in [2.05, 4.69) is 17.4 Å². The second-order valence-electron chi connectivity index (χ2n) is 8.20. The molecule has 0 aliphatic heterocycles. The number of methoxy groups -OCH3 is 1. The van der Waals surface area contributed by atoms with Crippen molar-refractivity contribution in [2.45, 2.75) is 38.9 Å². The molecule has 4 rings (SSSR count). The van der Waals surface area contributed by atoms with E-state index in [0.717, 1.165) is 12.8 Å². The number of benzene rings is 2. The molecule has 2 aromatic carbocycles. The molecule has 0 saturated carbocycles. The van der Waals surface area contributed by atoms with Gasteiger partial charge in [-0.1, -0.05) is 48.5 Å². The second kappa shape index (κ2) is 10.5. The van der Waals surface area contributed by atoms with Gasteiger partial charge in [0, 0.05) is 11.6 Å². The van der Waals surface area contributed by atoms with E-state index in [1.807, 2.05) is 43.3 Å². The number of hydrogen-bond donors (Lipinski definition) is 1. The summed E-state index contributed by atoms with van der Waals surface area (Å²) >= 11 is 1.26. The molecule has 0 fully saturated rings. The minimum Gasteiger partial charge on any atom is -0.496 e. The Morgan fingerprint density at radius 2 is 1.76 bits per heavy atom. The molecule has 34 heavy (non-hydrogen) atoms. The molecule has 2 heterocycles. The Kier molecular flexibility index (Phi) is 7.27. The number of thiophene rings is 1. The first-order chi connectivity index (χ1) is 16.5. The molecular weight excluding hydrogens is 450 g/mol. The van der Waals surface area contributed by atoms with Crippen molar-refractivity contribution in [1.82, 2.24) is 14.5 Å². The summed E-state index contributed by atoms with van der Waals surface area (Å²) in [7, 11) is 1.55. The average Bonchev–Trinajstić information content (AvgIpc) is 3.34. The van der Waals surface area contributed by atoms with Gasteiger partial charge in [0.05, 0.1) is 19.2 Å². The molecule has 176 valence electrons. The van der Waals surface area contributed by atoms with Gasteiger partial charge in [0.15, 0.2) is 0 Å². The van der Waals surface area contributed by atoms with E-state index < -0.39 is 5.69 Å². The third-order valence-corrected chi connectivity index (χ3v) is 6.67. The Hall–Kier alpha value is -3.65. The second-order valence-corrected chi connectivity index (χ2v) is 9.12. The fourth-order valence-electron chi connectivity index (χ4n) is 3.99. The molecule has 7 nitrogen and oxygen atoms in total. The summed E-state index contributed by atoms with van der Waals surface area (Å²) in [5.41, 5.74) is 1.51. The minimum absolute atomic E-state index is 0.0548. The fraction of sp³-hybridized carbons (Fsp3) is 0.269. The molecule has 1 amide bonds. The summed E-state index contributed by atoms with van der Waals surface area (Å²) in [6.45, 7) is 1.85. The van der Waals surface area contributed by atoms with Crippen LogP contribution in [0.5, 0.6) is 5.75 Å². The van der Waals surface area contributed by atoms with Crippen LogP contribution in [0.3, 0.4) is 0 Å². The number of hydrogen-bond acceptors (Lipinski definition) is 5. The number of carbonyl (C=O) groups excluding carboxylic acids is 1. The number of nitrogens with one attached hydrogen (secondary N) is 1. The number of amides is 1. The number of aryl methyl sites for hydroxylation is 1. The van der Waals surface area contributed by atoms with Crippen LogP contribution < -0.4 is 21.3 Å². The molecular formula is C26H27N3O4S. The molecule has 1 unspecified atom stereocenters. The number of fused-ring (bicyclic) bond motifs is 1. The highest BCUT2D eigenvalue weighted by Crippen LogP contribution is 2.19. The summed E-state index contributed by atoms with van der Waals surface area (Å²) in [4.78, 5) is 39.2. The van der Waals surface area contributed by atoms with Gasteiger partial charge in [-0.05, 0) is 42.8 Å². The van der Waals surface area contributed by atoms with Crippen LogP contribution in [0.4, 0.5) is 0 Å². The van der Waals surface area contributed by atoms with Crippen molar-refractivity contribution in [3.8, 4) is 5.75 Å². The van der Waals surface area contributed by atoms with Crippen LogP contribution in [-0.2, 0) is 24.3 Å². The Morgan fingerprint density at radius 3 is 2.53 bits per heavy atom. The topological polar surface area (TPSA) is 82.3 Å². The normalized spacial score (nSPS) is 11.9.